The molecule has 2 rings (SSSR count). The zero-order valence-electron chi connectivity index (χ0n) is 68.2. The lowest BCUT2D eigenvalue weighted by molar-refractivity contribution is -0.157. The van der Waals surface area contributed by atoms with Crippen LogP contribution < -0.4 is 21.3 Å². The number of likely N-dealkylation sites (N-methyl/N-ethyl adjacent to an activating group) is 7. The average Bonchev–Trinajstić information content (AvgIpc) is 0.805. The van der Waals surface area contributed by atoms with Gasteiger partial charge < -0.3 is 75.3 Å². The third kappa shape index (κ3) is 28.6. The number of esters is 1. The third-order valence-corrected chi connectivity index (χ3v) is 21.1. The molecule has 602 valence electrons. The normalized spacial score (nSPS) is 26.2. The SMILES string of the molecule is C/C=C/C[C@@H](C)[C@@H](O)[C@H]1C(=O)N[C@@H](CC)C(=O)N(C)[C@H](CSCC[C@H](CCCN2CCOCC2)C(=O)OCC)C(=O)N(C)[C@@H](CC(C)(C)O)C(=O)N[C@@H](C(C)C)C(=O)N(C)[C@@H](CC(C)C)C(=O)N[C@@H](C)C(=O)N[C@H](C)C(=O)N(C)[C@@H](CC(C)C)C(=O)N(C)[C@@H](CC(C)C)C(=O)N(C)[C@@H](C(C)C)C(=O)N1C. The van der Waals surface area contributed by atoms with Crippen LogP contribution >= 0.6 is 11.8 Å². The highest BCUT2D eigenvalue weighted by Gasteiger charge is 2.47. The molecule has 0 aromatic carbocycles. The Balaban J connectivity index is 3.14. The summed E-state index contributed by atoms with van der Waals surface area (Å²) in [4.78, 5) is 190. The molecular formula is C76H136N12O16S. The smallest absolute Gasteiger partial charge is 0.308 e. The molecular weight excluding hydrogens is 1370 g/mol. The molecule has 0 radical (unpaired) electrons. The molecule has 14 atom stereocenters. The summed E-state index contributed by atoms with van der Waals surface area (Å²) in [5.41, 5.74) is -1.64. The second-order valence-corrected chi connectivity index (χ2v) is 32.8. The zero-order valence-corrected chi connectivity index (χ0v) is 69.1. The number of morpholine rings is 1. The third-order valence-electron chi connectivity index (χ3n) is 20.0. The van der Waals surface area contributed by atoms with Crippen LogP contribution in [0, 0.1) is 41.4 Å². The van der Waals surface area contributed by atoms with Crippen LogP contribution in [0.1, 0.15) is 182 Å². The number of carbonyl (C=O) groups is 12. The predicted molar refractivity (Wildman–Crippen MR) is 407 cm³/mol. The average molecular weight is 1510 g/mol. The van der Waals surface area contributed by atoms with Crippen molar-refractivity contribution in [3.8, 4) is 0 Å². The quantitative estimate of drug-likeness (QED) is 0.0402. The second-order valence-electron chi connectivity index (χ2n) is 31.6. The number of rotatable bonds is 26. The van der Waals surface area contributed by atoms with Crippen molar-refractivity contribution in [1.29, 1.82) is 0 Å². The molecule has 2 aliphatic rings. The molecule has 29 heteroatoms. The van der Waals surface area contributed by atoms with E-state index in [0.29, 0.717) is 38.2 Å². The fourth-order valence-corrected chi connectivity index (χ4v) is 14.6. The summed E-state index contributed by atoms with van der Waals surface area (Å²) in [5.74, 6) is -11.5. The monoisotopic (exact) mass is 1500 g/mol. The molecule has 6 N–H and O–H groups in total. The van der Waals surface area contributed by atoms with Gasteiger partial charge in [0, 0.05) is 74.6 Å². The zero-order chi connectivity index (χ0) is 80.4. The van der Waals surface area contributed by atoms with Crippen LogP contribution in [0.3, 0.4) is 0 Å². The van der Waals surface area contributed by atoms with Crippen molar-refractivity contribution in [2.24, 2.45) is 41.4 Å². The number of allylic oxidation sites excluding steroid dienone is 2. The van der Waals surface area contributed by atoms with Gasteiger partial charge in [0.1, 0.15) is 66.5 Å². The van der Waals surface area contributed by atoms with Crippen molar-refractivity contribution >= 4 is 82.7 Å². The molecule has 2 fully saturated rings. The summed E-state index contributed by atoms with van der Waals surface area (Å²) in [6.45, 7) is 34.2. The number of nitrogens with zero attached hydrogens (tertiary/aromatic N) is 8. The van der Waals surface area contributed by atoms with Gasteiger partial charge in [-0.15, -0.1) is 0 Å². The molecule has 0 aromatic heterocycles. The Labute approximate surface area is 632 Å². The lowest BCUT2D eigenvalue weighted by Crippen LogP contribution is -2.64. The van der Waals surface area contributed by atoms with Crippen molar-refractivity contribution < 1.29 is 77.2 Å². The lowest BCUT2D eigenvalue weighted by atomic mass is 9.91. The summed E-state index contributed by atoms with van der Waals surface area (Å²) >= 11 is 1.27. The highest BCUT2D eigenvalue weighted by Crippen LogP contribution is 2.28. The molecule has 0 aliphatic carbocycles. The van der Waals surface area contributed by atoms with Gasteiger partial charge in [0.2, 0.25) is 65.0 Å². The van der Waals surface area contributed by atoms with Gasteiger partial charge in [-0.05, 0) is 141 Å². The number of amides is 11. The minimum atomic E-state index is -1.70. The molecule has 11 amide bonds. The molecule has 2 heterocycles. The fraction of sp³-hybridized carbons (Fsp3) is 0.816. The summed E-state index contributed by atoms with van der Waals surface area (Å²) in [5, 5.41) is 35.0. The van der Waals surface area contributed by atoms with Crippen LogP contribution in [0.5, 0.6) is 0 Å². The van der Waals surface area contributed by atoms with Gasteiger partial charge in [-0.25, -0.2) is 0 Å². The van der Waals surface area contributed by atoms with E-state index in [9.17, 15) is 29.4 Å². The van der Waals surface area contributed by atoms with Gasteiger partial charge in [0.15, 0.2) is 0 Å². The Morgan fingerprint density at radius 3 is 1.55 bits per heavy atom. The Hall–Kier alpha value is -6.43. The van der Waals surface area contributed by atoms with Crippen LogP contribution in [0.25, 0.3) is 0 Å². The summed E-state index contributed by atoms with van der Waals surface area (Å²) in [7, 11) is 9.76. The van der Waals surface area contributed by atoms with Crippen molar-refractivity contribution in [3.05, 3.63) is 12.2 Å². The molecule has 2 saturated heterocycles. The van der Waals surface area contributed by atoms with Gasteiger partial charge >= 0.3 is 5.97 Å². The summed E-state index contributed by atoms with van der Waals surface area (Å²) in [6.07, 6.45) is 3.67. The highest BCUT2D eigenvalue weighted by molar-refractivity contribution is 7.99. The topological polar surface area (TPSA) is 338 Å². The first kappa shape index (κ1) is 94.6. The maximum atomic E-state index is 15.7. The van der Waals surface area contributed by atoms with Crippen LogP contribution in [0.15, 0.2) is 12.2 Å². The highest BCUT2D eigenvalue weighted by atomic mass is 32.2. The maximum Gasteiger partial charge on any atom is 0.308 e. The van der Waals surface area contributed by atoms with E-state index in [1.165, 1.54) is 108 Å². The minimum Gasteiger partial charge on any atom is -0.466 e. The van der Waals surface area contributed by atoms with Crippen LogP contribution in [0.2, 0.25) is 0 Å². The Morgan fingerprint density at radius 2 is 1.05 bits per heavy atom. The van der Waals surface area contributed by atoms with Gasteiger partial charge in [-0.2, -0.15) is 11.8 Å². The lowest BCUT2D eigenvalue weighted by Gasteiger charge is -2.41. The van der Waals surface area contributed by atoms with Crippen molar-refractivity contribution in [1.82, 2.24) is 60.5 Å². The largest absolute Gasteiger partial charge is 0.466 e. The number of aliphatic hydroxyl groups is 2. The van der Waals surface area contributed by atoms with E-state index in [1.54, 1.807) is 67.5 Å². The van der Waals surface area contributed by atoms with Crippen molar-refractivity contribution in [2.45, 2.75) is 261 Å². The van der Waals surface area contributed by atoms with Crippen molar-refractivity contribution in [3.63, 3.8) is 0 Å². The molecule has 0 spiro atoms. The molecule has 28 nitrogen and oxygen atoms in total. The molecule has 0 aromatic rings. The first-order valence-corrected chi connectivity index (χ1v) is 39.1. The second kappa shape index (κ2) is 44.8. The van der Waals surface area contributed by atoms with Gasteiger partial charge in [0.25, 0.3) is 0 Å². The molecule has 2 aliphatic heterocycles. The van der Waals surface area contributed by atoms with Gasteiger partial charge in [0.05, 0.1) is 37.4 Å². The molecule has 0 unspecified atom stereocenters. The molecule has 0 saturated carbocycles. The number of thioether (sulfide) groups is 1. The Bertz CT molecular complexity index is 2890. The summed E-state index contributed by atoms with van der Waals surface area (Å²) in [6, 6.07) is -14.9. The van der Waals surface area contributed by atoms with Gasteiger partial charge in [-0.1, -0.05) is 95.2 Å². The molecule has 0 bridgehead atoms. The van der Waals surface area contributed by atoms with E-state index in [0.717, 1.165) is 34.3 Å². The van der Waals surface area contributed by atoms with E-state index in [-0.39, 0.29) is 74.6 Å². The standard InChI is InChI=1S/C76H136N12O16S/c1-26-29-31-50(14)63(89)62-67(93)79-54(27-2)69(95)85(23)59(44-105-39-33-53(75(101)104-28-3)32-30-34-88-35-37-103-38-36-88)72(98)84(22)58(43-76(17,18)102)66(92)80-60(48(10)11)73(99)81(19)55(40-45(4)5)65(91)77-51(15)64(90)78-52(16)68(94)82(20)56(41-46(6)7)70(96)83(21)57(42-47(8)9)71(97)86(24)61(49(12)13)74(100)87(62)25/h26,29,45-63,89,102H,27-28,30-44H2,1-25H3,(H,77,91)(H,78,90)(H,79,93)(H,80,92)/b29-26+/t50-,51+,52-,53+,54+,55+,56+,57+,58+,59-,60+,61+,62+,63-/m1/s1. The van der Waals surface area contributed by atoms with E-state index in [2.05, 4.69) is 26.2 Å². The molecule has 105 heavy (non-hydrogen) atoms. The summed E-state index contributed by atoms with van der Waals surface area (Å²) < 4.78 is 11.1. The maximum absolute atomic E-state index is 15.7. The van der Waals surface area contributed by atoms with E-state index >= 15 is 38.4 Å². The Kier molecular flexibility index (Phi) is 40.4. The number of aliphatic hydroxyl groups excluding tert-OH is 1. The number of hydrogen-bond acceptors (Lipinski definition) is 18. The van der Waals surface area contributed by atoms with Gasteiger partial charge in [-0.3, -0.25) is 62.4 Å². The van der Waals surface area contributed by atoms with Crippen LogP contribution in [-0.4, -0.2) is 299 Å². The predicted octanol–water partition coefficient (Wildman–Crippen LogP) is 4.17. The van der Waals surface area contributed by atoms with Crippen molar-refractivity contribution in [2.75, 3.05) is 100 Å². The number of nitrogens with one attached hydrogen (secondary N) is 4. The number of ether oxygens (including phenoxy) is 2. The van der Waals surface area contributed by atoms with E-state index < -0.39 is 167 Å². The van der Waals surface area contributed by atoms with Crippen LogP contribution in [-0.2, 0) is 67.0 Å². The number of carbonyl (C=O) groups excluding carboxylic acids is 12. The van der Waals surface area contributed by atoms with E-state index in [4.69, 9.17) is 9.47 Å². The first-order chi connectivity index (χ1) is 48.8. The minimum absolute atomic E-state index is 0.0774. The number of hydrogen-bond donors (Lipinski definition) is 6. The van der Waals surface area contributed by atoms with E-state index in [1.807, 2.05) is 41.5 Å². The fourth-order valence-electron chi connectivity index (χ4n) is 13.4. The van der Waals surface area contributed by atoms with Crippen LogP contribution in [0.4, 0.5) is 0 Å². The Morgan fingerprint density at radius 1 is 0.571 bits per heavy atom. The first-order valence-electron chi connectivity index (χ1n) is 38.0.